The highest BCUT2D eigenvalue weighted by molar-refractivity contribution is 7.91. The fraction of sp³-hybridized carbons (Fsp3) is 0.704. The van der Waals surface area contributed by atoms with Gasteiger partial charge >= 0.3 is 6.09 Å². The molecule has 3 unspecified atom stereocenters. The minimum Gasteiger partial charge on any atom is -0.444 e. The Labute approximate surface area is 219 Å². The van der Waals surface area contributed by atoms with Crippen molar-refractivity contribution in [3.8, 4) is 0 Å². The quantitative estimate of drug-likeness (QED) is 0.573. The Morgan fingerprint density at radius 1 is 1.19 bits per heavy atom. The summed E-state index contributed by atoms with van der Waals surface area (Å²) >= 11 is 0. The van der Waals surface area contributed by atoms with E-state index < -0.39 is 21.6 Å². The van der Waals surface area contributed by atoms with Crippen LogP contribution in [0.5, 0.6) is 0 Å². The normalized spacial score (nSPS) is 26.8. The molecule has 1 amide bonds. The lowest BCUT2D eigenvalue weighted by atomic mass is 9.83. The summed E-state index contributed by atoms with van der Waals surface area (Å²) < 4.78 is 46.2. The first-order valence-electron chi connectivity index (χ1n) is 13.5. The molecule has 0 radical (unpaired) electrons. The van der Waals surface area contributed by atoms with E-state index in [0.29, 0.717) is 37.9 Å². The highest BCUT2D eigenvalue weighted by atomic mass is 32.2. The van der Waals surface area contributed by atoms with Crippen molar-refractivity contribution in [3.05, 3.63) is 35.1 Å². The summed E-state index contributed by atoms with van der Waals surface area (Å²) in [5, 5.41) is 5.14. The van der Waals surface area contributed by atoms with Gasteiger partial charge in [0, 0.05) is 36.7 Å². The number of hydrogen-bond acceptors (Lipinski definition) is 6. The molecule has 0 spiro atoms. The highest BCUT2D eigenvalue weighted by Crippen LogP contribution is 2.40. The van der Waals surface area contributed by atoms with Gasteiger partial charge in [-0.05, 0) is 59.0 Å². The number of sulfone groups is 1. The van der Waals surface area contributed by atoms with Gasteiger partial charge < -0.3 is 14.5 Å². The number of ether oxygens (including phenoxy) is 1. The van der Waals surface area contributed by atoms with Crippen LogP contribution in [0.2, 0.25) is 0 Å². The fourth-order valence-corrected chi connectivity index (χ4v) is 7.50. The minimum absolute atomic E-state index is 0.00281. The average molecular weight is 535 g/mol. The first-order chi connectivity index (χ1) is 17.4. The van der Waals surface area contributed by atoms with E-state index in [4.69, 9.17) is 9.84 Å². The van der Waals surface area contributed by atoms with Crippen LogP contribution in [0.4, 0.5) is 15.0 Å². The van der Waals surface area contributed by atoms with E-state index in [2.05, 4.69) is 15.7 Å². The number of piperidine rings is 1. The maximum absolute atomic E-state index is 14.3. The molecule has 1 aliphatic carbocycles. The molecule has 204 valence electrons. The molecule has 10 heteroatoms. The number of hydrogen-bond donors (Lipinski definition) is 0. The van der Waals surface area contributed by atoms with Gasteiger partial charge in [-0.2, -0.15) is 5.10 Å². The van der Waals surface area contributed by atoms with E-state index in [1.165, 1.54) is 0 Å². The summed E-state index contributed by atoms with van der Waals surface area (Å²) in [7, 11) is -3.00. The molecule has 4 heterocycles. The van der Waals surface area contributed by atoms with Crippen molar-refractivity contribution >= 4 is 21.7 Å². The first-order valence-corrected chi connectivity index (χ1v) is 15.3. The van der Waals surface area contributed by atoms with Crippen LogP contribution in [-0.2, 0) is 27.5 Å². The molecule has 0 aromatic carbocycles. The predicted octanol–water partition coefficient (Wildman–Crippen LogP) is 4.37. The topological polar surface area (TPSA) is 84.7 Å². The molecule has 8 nitrogen and oxygen atoms in total. The number of anilines is 1. The fourth-order valence-electron chi connectivity index (χ4n) is 6.04. The number of halogens is 1. The molecule has 4 aliphatic rings. The zero-order valence-electron chi connectivity index (χ0n) is 22.3. The third-order valence-corrected chi connectivity index (χ3v) is 9.67. The largest absolute Gasteiger partial charge is 0.444 e. The van der Waals surface area contributed by atoms with Crippen LogP contribution >= 0.6 is 0 Å². The third-order valence-electron chi connectivity index (χ3n) is 7.95. The van der Waals surface area contributed by atoms with Crippen molar-refractivity contribution in [3.63, 3.8) is 0 Å². The molecule has 3 aliphatic heterocycles. The van der Waals surface area contributed by atoms with Gasteiger partial charge in [-0.25, -0.2) is 17.6 Å². The molecule has 1 aromatic heterocycles. The molecular formula is C27H39FN4O4S. The Morgan fingerprint density at radius 2 is 1.92 bits per heavy atom. The van der Waals surface area contributed by atoms with Crippen molar-refractivity contribution in [1.82, 2.24) is 14.7 Å². The molecule has 37 heavy (non-hydrogen) atoms. The Kier molecular flexibility index (Phi) is 6.92. The number of fused-ring (bicyclic) bond motifs is 2. The van der Waals surface area contributed by atoms with Crippen LogP contribution in [0.3, 0.4) is 0 Å². The lowest BCUT2D eigenvalue weighted by Gasteiger charge is -2.42. The lowest BCUT2D eigenvalue weighted by molar-refractivity contribution is 0.0222. The molecule has 3 atom stereocenters. The number of carbonyl (C=O) groups is 1. The summed E-state index contributed by atoms with van der Waals surface area (Å²) in [6.07, 6.45) is 8.46. The third kappa shape index (κ3) is 5.45. The van der Waals surface area contributed by atoms with Gasteiger partial charge in [0.1, 0.15) is 21.6 Å². The van der Waals surface area contributed by atoms with Gasteiger partial charge in [-0.1, -0.05) is 18.2 Å². The van der Waals surface area contributed by atoms with Gasteiger partial charge in [0.2, 0.25) is 0 Å². The second-order valence-electron chi connectivity index (χ2n) is 11.9. The van der Waals surface area contributed by atoms with Crippen molar-refractivity contribution in [1.29, 1.82) is 0 Å². The minimum atomic E-state index is -3.00. The first kappa shape index (κ1) is 26.3. The van der Waals surface area contributed by atoms with E-state index in [1.807, 2.05) is 32.9 Å². The predicted molar refractivity (Wildman–Crippen MR) is 141 cm³/mol. The van der Waals surface area contributed by atoms with Crippen molar-refractivity contribution in [2.45, 2.75) is 90.2 Å². The molecule has 0 N–H and O–H groups in total. The number of rotatable bonds is 3. The Balaban J connectivity index is 1.52. The van der Waals surface area contributed by atoms with Gasteiger partial charge in [-0.3, -0.25) is 4.68 Å². The van der Waals surface area contributed by atoms with Gasteiger partial charge in [-0.15, -0.1) is 0 Å². The highest BCUT2D eigenvalue weighted by Gasteiger charge is 2.39. The van der Waals surface area contributed by atoms with Crippen LogP contribution in [0.15, 0.2) is 23.8 Å². The number of nitrogens with zero attached hydrogens (tertiary/aromatic N) is 4. The molecule has 2 saturated heterocycles. The zero-order chi connectivity index (χ0) is 26.5. The average Bonchev–Trinajstić information content (AvgIpc) is 3.21. The maximum Gasteiger partial charge on any atom is 0.410 e. The van der Waals surface area contributed by atoms with Gasteiger partial charge in [0.05, 0.1) is 30.1 Å². The van der Waals surface area contributed by atoms with E-state index in [0.717, 1.165) is 36.5 Å². The van der Waals surface area contributed by atoms with Crippen LogP contribution in [0.1, 0.15) is 70.7 Å². The van der Waals surface area contributed by atoms with Crippen molar-refractivity contribution in [2.75, 3.05) is 29.5 Å². The van der Waals surface area contributed by atoms with E-state index in [9.17, 15) is 17.6 Å². The number of alkyl halides is 1. The SMILES string of the molecule is CC(F)C1=CC2C(C=C1)CCCN2c1nn(C2CCS(=O)(=O)CC2)c2c1CN(C(=O)OC(C)(C)C)CC2. The van der Waals surface area contributed by atoms with E-state index in [1.54, 1.807) is 11.8 Å². The van der Waals surface area contributed by atoms with E-state index in [-0.39, 0.29) is 35.6 Å². The van der Waals surface area contributed by atoms with Crippen LogP contribution in [0, 0.1) is 5.92 Å². The summed E-state index contributed by atoms with van der Waals surface area (Å²) in [6.45, 7) is 8.87. The summed E-state index contributed by atoms with van der Waals surface area (Å²) in [6, 6.07) is 0.0194. The summed E-state index contributed by atoms with van der Waals surface area (Å²) in [5.74, 6) is 1.46. The number of amides is 1. The monoisotopic (exact) mass is 534 g/mol. The lowest BCUT2D eigenvalue weighted by Crippen LogP contribution is -2.46. The second kappa shape index (κ2) is 9.75. The van der Waals surface area contributed by atoms with Crippen molar-refractivity contribution < 1.29 is 22.3 Å². The number of aromatic nitrogens is 2. The number of carbonyl (C=O) groups excluding carboxylic acids is 1. The standard InChI is InChI=1S/C27H39FN4O4S/c1-18(28)20-8-7-19-6-5-12-31(24(19)16-20)25-22-17-30(26(33)36-27(2,3)4)13-9-23(22)32(29-25)21-10-14-37(34,35)15-11-21/h7-8,16,18-19,21,24H,5-6,9-15,17H2,1-4H3. The van der Waals surface area contributed by atoms with Crippen LogP contribution in [-0.4, -0.2) is 71.6 Å². The maximum atomic E-state index is 14.3. The Bertz CT molecular complexity index is 1200. The van der Waals surface area contributed by atoms with Crippen LogP contribution < -0.4 is 4.90 Å². The summed E-state index contributed by atoms with van der Waals surface area (Å²) in [4.78, 5) is 17.0. The zero-order valence-corrected chi connectivity index (χ0v) is 23.1. The van der Waals surface area contributed by atoms with Gasteiger partial charge in [0.25, 0.3) is 0 Å². The van der Waals surface area contributed by atoms with Crippen molar-refractivity contribution in [2.24, 2.45) is 5.92 Å². The van der Waals surface area contributed by atoms with E-state index >= 15 is 0 Å². The Hall–Kier alpha value is -2.36. The molecule has 0 saturated carbocycles. The molecular weight excluding hydrogens is 495 g/mol. The molecule has 2 fully saturated rings. The smallest absolute Gasteiger partial charge is 0.410 e. The number of allylic oxidation sites excluding steroid dienone is 2. The second-order valence-corrected chi connectivity index (χ2v) is 14.2. The molecule has 0 bridgehead atoms. The Morgan fingerprint density at radius 3 is 2.59 bits per heavy atom. The van der Waals surface area contributed by atoms with Crippen LogP contribution in [0.25, 0.3) is 0 Å². The molecule has 1 aromatic rings. The molecule has 5 rings (SSSR count). The summed E-state index contributed by atoms with van der Waals surface area (Å²) in [5.41, 5.74) is 2.19. The van der Waals surface area contributed by atoms with Gasteiger partial charge in [0.15, 0.2) is 5.82 Å².